The molecule has 0 spiro atoms. The SMILES string of the molecule is COc1ccc(C2CCC(CN(C(=O)C3CCC(O)CC3)c3cccc(-c4cnn(C(C)C)c4)c3)CC2)nc1C#N. The molecule has 2 aromatic heterocycles. The number of pyridine rings is 1. The molecule has 8 nitrogen and oxygen atoms in total. The van der Waals surface area contributed by atoms with E-state index in [0.29, 0.717) is 42.7 Å². The van der Waals surface area contributed by atoms with Crippen molar-refractivity contribution >= 4 is 11.6 Å². The van der Waals surface area contributed by atoms with Crippen LogP contribution in [0.5, 0.6) is 5.75 Å². The van der Waals surface area contributed by atoms with E-state index < -0.39 is 0 Å². The van der Waals surface area contributed by atoms with Crippen molar-refractivity contribution < 1.29 is 14.6 Å². The van der Waals surface area contributed by atoms with Gasteiger partial charge in [-0.05, 0) is 101 Å². The summed E-state index contributed by atoms with van der Waals surface area (Å²) in [6.07, 6.45) is 10.4. The van der Waals surface area contributed by atoms with Crippen LogP contribution in [-0.2, 0) is 4.79 Å². The zero-order chi connectivity index (χ0) is 28.9. The predicted octanol–water partition coefficient (Wildman–Crippen LogP) is 6.26. The first-order valence-electron chi connectivity index (χ1n) is 14.9. The minimum Gasteiger partial charge on any atom is -0.494 e. The first-order valence-corrected chi connectivity index (χ1v) is 14.9. The fourth-order valence-electron chi connectivity index (χ4n) is 6.32. The molecule has 1 N–H and O–H groups in total. The van der Waals surface area contributed by atoms with Crippen molar-refractivity contribution in [3.63, 3.8) is 0 Å². The molecule has 41 heavy (non-hydrogen) atoms. The molecule has 2 heterocycles. The van der Waals surface area contributed by atoms with Gasteiger partial charge in [0.25, 0.3) is 0 Å². The summed E-state index contributed by atoms with van der Waals surface area (Å²) in [6, 6.07) is 14.5. The molecule has 3 aromatic rings. The first-order chi connectivity index (χ1) is 19.9. The van der Waals surface area contributed by atoms with E-state index in [4.69, 9.17) is 4.74 Å². The standard InChI is InChI=1S/C33H41N5O3/c1-22(2)38-21-27(19-35-38)26-5-4-6-28(17-26)37(33(40)25-11-13-29(39)14-12-25)20-23-7-9-24(10-8-23)30-15-16-32(41-3)31(18-34)36-30/h4-6,15-17,19,21-25,29,39H,7-14,20H2,1-3H3. The second kappa shape index (κ2) is 12.9. The molecule has 0 radical (unpaired) electrons. The topological polar surface area (TPSA) is 104 Å². The third-order valence-electron chi connectivity index (χ3n) is 8.85. The Hall–Kier alpha value is -3.70. The van der Waals surface area contributed by atoms with Crippen LogP contribution in [0.2, 0.25) is 0 Å². The molecular weight excluding hydrogens is 514 g/mol. The van der Waals surface area contributed by atoms with E-state index in [2.05, 4.69) is 48.3 Å². The fourth-order valence-corrected chi connectivity index (χ4v) is 6.32. The van der Waals surface area contributed by atoms with Crippen molar-refractivity contribution in [2.75, 3.05) is 18.6 Å². The van der Waals surface area contributed by atoms with Gasteiger partial charge >= 0.3 is 0 Å². The molecule has 1 aromatic carbocycles. The molecule has 8 heteroatoms. The summed E-state index contributed by atoms with van der Waals surface area (Å²) in [4.78, 5) is 20.6. The number of anilines is 1. The lowest BCUT2D eigenvalue weighted by molar-refractivity contribution is -0.124. The Morgan fingerprint density at radius 2 is 1.85 bits per heavy atom. The smallest absolute Gasteiger partial charge is 0.230 e. The zero-order valence-corrected chi connectivity index (χ0v) is 24.4. The number of carbonyl (C=O) groups excluding carboxylic acids is 1. The van der Waals surface area contributed by atoms with Gasteiger partial charge in [-0.15, -0.1) is 0 Å². The normalized spacial score (nSPS) is 22.7. The van der Waals surface area contributed by atoms with Crippen LogP contribution in [0.3, 0.4) is 0 Å². The number of carbonyl (C=O) groups is 1. The molecule has 2 aliphatic carbocycles. The summed E-state index contributed by atoms with van der Waals surface area (Å²) in [5, 5.41) is 24.0. The number of benzene rings is 1. The number of nitriles is 1. The van der Waals surface area contributed by atoms with E-state index in [1.165, 1.54) is 0 Å². The highest BCUT2D eigenvalue weighted by atomic mass is 16.5. The molecule has 0 bridgehead atoms. The van der Waals surface area contributed by atoms with Crippen molar-refractivity contribution in [1.82, 2.24) is 14.8 Å². The number of hydrogen-bond acceptors (Lipinski definition) is 6. The molecule has 0 aliphatic heterocycles. The van der Waals surface area contributed by atoms with Crippen LogP contribution in [0.1, 0.15) is 88.6 Å². The number of amides is 1. The van der Waals surface area contributed by atoms with E-state index in [9.17, 15) is 15.2 Å². The number of aromatic nitrogens is 3. The van der Waals surface area contributed by atoms with Gasteiger partial charge in [-0.2, -0.15) is 10.4 Å². The Balaban J connectivity index is 1.34. The molecule has 0 unspecified atom stereocenters. The molecule has 2 aliphatic rings. The Bertz CT molecular complexity index is 1380. The molecule has 216 valence electrons. The maximum Gasteiger partial charge on any atom is 0.230 e. The third-order valence-corrected chi connectivity index (χ3v) is 8.85. The van der Waals surface area contributed by atoms with Gasteiger partial charge in [0.1, 0.15) is 6.07 Å². The third kappa shape index (κ3) is 6.62. The maximum absolute atomic E-state index is 14.0. The van der Waals surface area contributed by atoms with Gasteiger partial charge in [-0.25, -0.2) is 4.98 Å². The maximum atomic E-state index is 14.0. The van der Waals surface area contributed by atoms with Crippen molar-refractivity contribution in [3.05, 3.63) is 60.2 Å². The van der Waals surface area contributed by atoms with Gasteiger partial charge < -0.3 is 14.7 Å². The van der Waals surface area contributed by atoms with Crippen molar-refractivity contribution in [3.8, 4) is 22.9 Å². The Morgan fingerprint density at radius 1 is 1.10 bits per heavy atom. The van der Waals surface area contributed by atoms with Gasteiger partial charge in [0.05, 0.1) is 19.4 Å². The van der Waals surface area contributed by atoms with Crippen LogP contribution in [0.15, 0.2) is 48.8 Å². The van der Waals surface area contributed by atoms with Crippen molar-refractivity contribution in [1.29, 1.82) is 5.26 Å². The van der Waals surface area contributed by atoms with E-state index in [1.54, 1.807) is 7.11 Å². The minimum absolute atomic E-state index is 0.0602. The Labute approximate surface area is 243 Å². The minimum atomic E-state index is -0.295. The fraction of sp³-hybridized carbons (Fsp3) is 0.515. The average Bonchev–Trinajstić information content (AvgIpc) is 3.51. The summed E-state index contributed by atoms with van der Waals surface area (Å²) >= 11 is 0. The second-order valence-corrected chi connectivity index (χ2v) is 11.9. The van der Waals surface area contributed by atoms with E-state index >= 15 is 0 Å². The monoisotopic (exact) mass is 555 g/mol. The Kier molecular flexibility index (Phi) is 9.04. The van der Waals surface area contributed by atoms with Crippen LogP contribution in [-0.4, -0.2) is 45.5 Å². The molecule has 1 amide bonds. The number of aliphatic hydroxyl groups is 1. The van der Waals surface area contributed by atoms with Gasteiger partial charge in [-0.3, -0.25) is 9.48 Å². The molecule has 2 fully saturated rings. The number of nitrogens with zero attached hydrogens (tertiary/aromatic N) is 5. The van der Waals surface area contributed by atoms with Gasteiger partial charge in [0.15, 0.2) is 11.4 Å². The number of aliphatic hydroxyl groups excluding tert-OH is 1. The molecule has 0 atom stereocenters. The lowest BCUT2D eigenvalue weighted by atomic mass is 9.79. The largest absolute Gasteiger partial charge is 0.494 e. The lowest BCUT2D eigenvalue weighted by Gasteiger charge is -2.35. The highest BCUT2D eigenvalue weighted by molar-refractivity contribution is 5.95. The second-order valence-electron chi connectivity index (χ2n) is 11.9. The highest BCUT2D eigenvalue weighted by Gasteiger charge is 2.32. The van der Waals surface area contributed by atoms with E-state index in [1.807, 2.05) is 40.0 Å². The van der Waals surface area contributed by atoms with Gasteiger partial charge in [0.2, 0.25) is 5.91 Å². The van der Waals surface area contributed by atoms with E-state index in [0.717, 1.165) is 61.0 Å². The Morgan fingerprint density at radius 3 is 2.51 bits per heavy atom. The first kappa shape index (κ1) is 28.8. The summed E-state index contributed by atoms with van der Waals surface area (Å²) in [5.41, 5.74) is 4.30. The van der Waals surface area contributed by atoms with Gasteiger partial charge in [0, 0.05) is 47.6 Å². The number of rotatable bonds is 8. The van der Waals surface area contributed by atoms with Crippen LogP contribution in [0.25, 0.3) is 11.1 Å². The summed E-state index contributed by atoms with van der Waals surface area (Å²) < 4.78 is 7.22. The van der Waals surface area contributed by atoms with Crippen molar-refractivity contribution in [2.24, 2.45) is 11.8 Å². The van der Waals surface area contributed by atoms with Gasteiger partial charge in [-0.1, -0.05) is 12.1 Å². The molecular formula is C33H41N5O3. The van der Waals surface area contributed by atoms with Crippen LogP contribution < -0.4 is 9.64 Å². The average molecular weight is 556 g/mol. The highest BCUT2D eigenvalue weighted by Crippen LogP contribution is 2.38. The summed E-state index contributed by atoms with van der Waals surface area (Å²) in [6.45, 7) is 4.89. The number of methoxy groups -OCH3 is 1. The van der Waals surface area contributed by atoms with Crippen LogP contribution in [0.4, 0.5) is 5.69 Å². The summed E-state index contributed by atoms with van der Waals surface area (Å²) in [7, 11) is 1.56. The molecule has 2 saturated carbocycles. The van der Waals surface area contributed by atoms with E-state index in [-0.39, 0.29) is 24.0 Å². The quantitative estimate of drug-likeness (QED) is 0.352. The zero-order valence-electron chi connectivity index (χ0n) is 24.4. The van der Waals surface area contributed by atoms with Crippen LogP contribution >= 0.6 is 0 Å². The van der Waals surface area contributed by atoms with Crippen LogP contribution in [0, 0.1) is 23.2 Å². The summed E-state index contributed by atoms with van der Waals surface area (Å²) in [5.74, 6) is 1.30. The van der Waals surface area contributed by atoms with Crippen molar-refractivity contribution in [2.45, 2.75) is 83.3 Å². The number of ether oxygens (including phenoxy) is 1. The number of hydrogen-bond donors (Lipinski definition) is 1. The molecule has 0 saturated heterocycles. The lowest BCUT2D eigenvalue weighted by Crippen LogP contribution is -2.41. The predicted molar refractivity (Wildman–Crippen MR) is 159 cm³/mol. The molecule has 5 rings (SSSR count).